The minimum Gasteiger partial charge on any atom is -0.493 e. The number of fused-ring (bicyclic) bond motifs is 1. The lowest BCUT2D eigenvalue weighted by atomic mass is 10.0. The first-order chi connectivity index (χ1) is 13.1. The fraction of sp³-hybridized carbons (Fsp3) is 0.286. The Morgan fingerprint density at radius 3 is 2.93 bits per heavy atom. The maximum Gasteiger partial charge on any atom is 0.258 e. The van der Waals surface area contributed by atoms with E-state index in [-0.39, 0.29) is 18.6 Å². The summed E-state index contributed by atoms with van der Waals surface area (Å²) in [6.07, 6.45) is 4.64. The van der Waals surface area contributed by atoms with Crippen molar-refractivity contribution in [1.29, 1.82) is 0 Å². The van der Waals surface area contributed by atoms with Crippen LogP contribution >= 0.6 is 15.9 Å². The highest BCUT2D eigenvalue weighted by atomic mass is 79.9. The second-order valence-electron chi connectivity index (χ2n) is 6.14. The maximum atomic E-state index is 12.4. The van der Waals surface area contributed by atoms with Gasteiger partial charge < -0.3 is 19.5 Å². The van der Waals surface area contributed by atoms with Crippen LogP contribution in [0.15, 0.2) is 46.9 Å². The highest BCUT2D eigenvalue weighted by Gasteiger charge is 2.23. The monoisotopic (exact) mass is 431 g/mol. The number of carbonyl (C=O) groups excluding carboxylic acids is 1. The Morgan fingerprint density at radius 1 is 1.30 bits per heavy atom. The zero-order chi connectivity index (χ0) is 19.2. The average Bonchev–Trinajstić information content (AvgIpc) is 2.67. The number of hydrogen-bond donors (Lipinski definition) is 1. The molecule has 1 unspecified atom stereocenters. The van der Waals surface area contributed by atoms with Crippen LogP contribution in [-0.4, -0.2) is 26.2 Å². The Hall–Kier alpha value is -2.47. The molecule has 0 spiro atoms. The maximum absolute atomic E-state index is 12.4. The van der Waals surface area contributed by atoms with Crippen molar-refractivity contribution in [2.45, 2.75) is 19.4 Å². The summed E-state index contributed by atoms with van der Waals surface area (Å²) in [5.41, 5.74) is 1.98. The van der Waals surface area contributed by atoms with Crippen molar-refractivity contribution >= 4 is 27.9 Å². The minimum absolute atomic E-state index is 0.0833. The summed E-state index contributed by atoms with van der Waals surface area (Å²) >= 11 is 3.47. The number of methoxy groups -OCH3 is 1. The molecule has 0 aliphatic carbocycles. The Bertz CT molecular complexity index is 850. The van der Waals surface area contributed by atoms with Crippen molar-refractivity contribution < 1.29 is 19.0 Å². The number of benzene rings is 2. The van der Waals surface area contributed by atoms with Crippen LogP contribution in [0.1, 0.15) is 30.5 Å². The largest absolute Gasteiger partial charge is 0.493 e. The number of carbonyl (C=O) groups is 1. The van der Waals surface area contributed by atoms with E-state index in [1.165, 1.54) is 0 Å². The number of ether oxygens (including phenoxy) is 3. The van der Waals surface area contributed by atoms with Gasteiger partial charge in [-0.1, -0.05) is 34.1 Å². The number of hydrogen-bond acceptors (Lipinski definition) is 4. The molecule has 1 atom stereocenters. The van der Waals surface area contributed by atoms with Gasteiger partial charge in [0.1, 0.15) is 5.75 Å². The zero-order valence-electron chi connectivity index (χ0n) is 15.3. The number of rotatable bonds is 6. The molecule has 0 bridgehead atoms. The molecule has 2 aromatic rings. The summed E-state index contributed by atoms with van der Waals surface area (Å²) in [4.78, 5) is 12.4. The van der Waals surface area contributed by atoms with Crippen LogP contribution < -0.4 is 19.5 Å². The Kier molecular flexibility index (Phi) is 6.40. The van der Waals surface area contributed by atoms with Gasteiger partial charge in [0, 0.05) is 16.5 Å². The number of amides is 1. The first kappa shape index (κ1) is 19.3. The molecule has 27 heavy (non-hydrogen) atoms. The summed E-state index contributed by atoms with van der Waals surface area (Å²) in [6.45, 7) is 2.44. The van der Waals surface area contributed by atoms with Crippen LogP contribution in [0.4, 0.5) is 0 Å². The quantitative estimate of drug-likeness (QED) is 0.730. The molecule has 1 N–H and O–H groups in total. The first-order valence-corrected chi connectivity index (χ1v) is 9.55. The fourth-order valence-corrected chi connectivity index (χ4v) is 3.37. The van der Waals surface area contributed by atoms with Gasteiger partial charge >= 0.3 is 0 Å². The van der Waals surface area contributed by atoms with E-state index >= 15 is 0 Å². The van der Waals surface area contributed by atoms with Gasteiger partial charge in [0.15, 0.2) is 18.1 Å². The van der Waals surface area contributed by atoms with Crippen LogP contribution in [0.5, 0.6) is 17.2 Å². The van der Waals surface area contributed by atoms with Gasteiger partial charge in [-0.2, -0.15) is 0 Å². The molecule has 0 saturated heterocycles. The zero-order valence-corrected chi connectivity index (χ0v) is 16.9. The highest BCUT2D eigenvalue weighted by molar-refractivity contribution is 9.10. The van der Waals surface area contributed by atoms with Crippen LogP contribution in [0.3, 0.4) is 0 Å². The number of halogens is 1. The normalized spacial score (nSPS) is 15.7. The second kappa shape index (κ2) is 8.95. The van der Waals surface area contributed by atoms with Crippen molar-refractivity contribution in [3.63, 3.8) is 0 Å². The smallest absolute Gasteiger partial charge is 0.258 e. The molecule has 1 aliphatic heterocycles. The van der Waals surface area contributed by atoms with E-state index in [4.69, 9.17) is 14.2 Å². The van der Waals surface area contributed by atoms with Crippen molar-refractivity contribution in [2.24, 2.45) is 0 Å². The lowest BCUT2D eigenvalue weighted by molar-refractivity contribution is -0.124. The van der Waals surface area contributed by atoms with Gasteiger partial charge in [-0.05, 0) is 42.8 Å². The number of allylic oxidation sites excluding steroid dienone is 1. The molecule has 0 fully saturated rings. The van der Waals surface area contributed by atoms with Crippen molar-refractivity contribution in [1.82, 2.24) is 5.32 Å². The standard InChI is InChI=1S/C21H22BrNO4/c1-3-4-14-5-7-19(20(11-14)25-2)27-13-21(24)23-17-9-10-26-18-8-6-15(22)12-16(17)18/h3-8,11-12,17H,9-10,13H2,1-2H3,(H,23,24)/b4-3+. The summed E-state index contributed by atoms with van der Waals surface area (Å²) < 4.78 is 17.6. The SMILES string of the molecule is C/C=C/c1ccc(OCC(=O)NC2CCOc3ccc(Br)cc32)c(OC)c1. The molecule has 1 heterocycles. The Balaban J connectivity index is 1.64. The Morgan fingerprint density at radius 2 is 2.15 bits per heavy atom. The molecule has 5 nitrogen and oxygen atoms in total. The highest BCUT2D eigenvalue weighted by Crippen LogP contribution is 2.34. The third-order valence-electron chi connectivity index (χ3n) is 4.25. The molecule has 2 aromatic carbocycles. The van der Waals surface area contributed by atoms with Gasteiger partial charge in [-0.25, -0.2) is 0 Å². The predicted molar refractivity (Wildman–Crippen MR) is 108 cm³/mol. The van der Waals surface area contributed by atoms with Crippen LogP contribution in [0, 0.1) is 0 Å². The van der Waals surface area contributed by atoms with Crippen molar-refractivity contribution in [2.75, 3.05) is 20.3 Å². The predicted octanol–water partition coefficient (Wildman–Crippen LogP) is 4.51. The van der Waals surface area contributed by atoms with Gasteiger partial charge in [0.05, 0.1) is 19.8 Å². The average molecular weight is 432 g/mol. The molecule has 0 aromatic heterocycles. The lowest BCUT2D eigenvalue weighted by Gasteiger charge is -2.27. The van der Waals surface area contributed by atoms with E-state index in [2.05, 4.69) is 21.2 Å². The summed E-state index contributed by atoms with van der Waals surface area (Å²) in [7, 11) is 1.58. The molecule has 6 heteroatoms. The van der Waals surface area contributed by atoms with Gasteiger partial charge in [0.25, 0.3) is 5.91 Å². The van der Waals surface area contributed by atoms with Crippen molar-refractivity contribution in [3.05, 3.63) is 58.1 Å². The van der Waals surface area contributed by atoms with E-state index in [0.29, 0.717) is 18.1 Å². The molecule has 1 amide bonds. The third kappa shape index (κ3) is 4.83. The summed E-state index contributed by atoms with van der Waals surface area (Å²) in [6, 6.07) is 11.3. The Labute approximate surface area is 167 Å². The summed E-state index contributed by atoms with van der Waals surface area (Å²) in [5, 5.41) is 3.02. The number of nitrogens with one attached hydrogen (secondary N) is 1. The molecular formula is C21H22BrNO4. The van der Waals surface area contributed by atoms with Crippen molar-refractivity contribution in [3.8, 4) is 17.2 Å². The molecular weight excluding hydrogens is 410 g/mol. The van der Waals surface area contributed by atoms with Crippen LogP contribution in [0.2, 0.25) is 0 Å². The fourth-order valence-electron chi connectivity index (χ4n) is 2.99. The van der Waals surface area contributed by atoms with E-state index in [1.54, 1.807) is 7.11 Å². The van der Waals surface area contributed by atoms with Crippen LogP contribution in [0.25, 0.3) is 6.08 Å². The molecule has 0 radical (unpaired) electrons. The van der Waals surface area contributed by atoms with Crippen LogP contribution in [-0.2, 0) is 4.79 Å². The van der Waals surface area contributed by atoms with Gasteiger partial charge in [0.2, 0.25) is 0 Å². The topological polar surface area (TPSA) is 56.8 Å². The summed E-state index contributed by atoms with van der Waals surface area (Å²) in [5.74, 6) is 1.75. The third-order valence-corrected chi connectivity index (χ3v) is 4.75. The lowest BCUT2D eigenvalue weighted by Crippen LogP contribution is -2.35. The molecule has 3 rings (SSSR count). The van der Waals surface area contributed by atoms with E-state index in [9.17, 15) is 4.79 Å². The van der Waals surface area contributed by atoms with E-state index in [1.807, 2.05) is 55.5 Å². The first-order valence-electron chi connectivity index (χ1n) is 8.76. The molecule has 1 aliphatic rings. The molecule has 142 valence electrons. The minimum atomic E-state index is -0.188. The van der Waals surface area contributed by atoms with E-state index < -0.39 is 0 Å². The van der Waals surface area contributed by atoms with E-state index in [0.717, 1.165) is 27.8 Å². The second-order valence-corrected chi connectivity index (χ2v) is 7.05. The molecule has 0 saturated carbocycles. The van der Waals surface area contributed by atoms with Gasteiger partial charge in [-0.3, -0.25) is 4.79 Å². The van der Waals surface area contributed by atoms with Gasteiger partial charge in [-0.15, -0.1) is 0 Å².